The highest BCUT2D eigenvalue weighted by molar-refractivity contribution is 7.89. The Bertz CT molecular complexity index is 552. The van der Waals surface area contributed by atoms with Crippen LogP contribution < -0.4 is 4.72 Å². The van der Waals surface area contributed by atoms with E-state index in [1.165, 1.54) is 25.0 Å². The average molecular weight is 314 g/mol. The van der Waals surface area contributed by atoms with Crippen LogP contribution in [0.25, 0.3) is 0 Å². The average Bonchev–Trinajstić information content (AvgIpc) is 2.93. The molecule has 0 saturated carbocycles. The largest absolute Gasteiger partial charge is 0.299 e. The summed E-state index contributed by atoms with van der Waals surface area (Å²) in [6.07, 6.45) is 2.35. The van der Waals surface area contributed by atoms with Crippen molar-refractivity contribution in [3.63, 3.8) is 0 Å². The van der Waals surface area contributed by atoms with E-state index in [0.29, 0.717) is 12.5 Å². The maximum absolute atomic E-state index is 12.9. The second-order valence-electron chi connectivity index (χ2n) is 5.86. The van der Waals surface area contributed by atoms with Crippen molar-refractivity contribution in [3.8, 4) is 0 Å². The van der Waals surface area contributed by atoms with Crippen LogP contribution >= 0.6 is 0 Å². The Labute approximate surface area is 126 Å². The van der Waals surface area contributed by atoms with E-state index in [9.17, 15) is 12.8 Å². The molecule has 1 heterocycles. The zero-order valence-electron chi connectivity index (χ0n) is 12.5. The number of sulfonamides is 1. The van der Waals surface area contributed by atoms with Gasteiger partial charge in [-0.2, -0.15) is 0 Å². The molecule has 1 atom stereocenters. The number of nitrogens with zero attached hydrogens (tertiary/aromatic N) is 1. The van der Waals surface area contributed by atoms with Gasteiger partial charge < -0.3 is 0 Å². The molecule has 1 aliphatic rings. The van der Waals surface area contributed by atoms with Crippen LogP contribution in [0.2, 0.25) is 0 Å². The summed E-state index contributed by atoms with van der Waals surface area (Å²) >= 11 is 0. The van der Waals surface area contributed by atoms with Crippen molar-refractivity contribution in [3.05, 3.63) is 30.1 Å². The van der Waals surface area contributed by atoms with Gasteiger partial charge in [0.05, 0.1) is 4.90 Å². The minimum absolute atomic E-state index is 0.104. The van der Waals surface area contributed by atoms with Gasteiger partial charge in [0.1, 0.15) is 5.82 Å². The van der Waals surface area contributed by atoms with Gasteiger partial charge in [0.25, 0.3) is 0 Å². The Kier molecular flexibility index (Phi) is 5.35. The lowest BCUT2D eigenvalue weighted by atomic mass is 10.0. The van der Waals surface area contributed by atoms with Crippen molar-refractivity contribution in [1.82, 2.24) is 9.62 Å². The summed E-state index contributed by atoms with van der Waals surface area (Å²) in [5.74, 6) is -0.0647. The van der Waals surface area contributed by atoms with Gasteiger partial charge >= 0.3 is 0 Å². The quantitative estimate of drug-likeness (QED) is 0.876. The Hall–Kier alpha value is -0.980. The first kappa shape index (κ1) is 16.4. The molecule has 6 heteroatoms. The second kappa shape index (κ2) is 6.85. The summed E-state index contributed by atoms with van der Waals surface area (Å²) in [4.78, 5) is 2.45. The van der Waals surface area contributed by atoms with E-state index in [1.54, 1.807) is 0 Å². The molecule has 0 radical (unpaired) electrons. The van der Waals surface area contributed by atoms with Gasteiger partial charge in [0.15, 0.2) is 0 Å². The van der Waals surface area contributed by atoms with E-state index in [2.05, 4.69) is 23.5 Å². The van der Waals surface area contributed by atoms with E-state index < -0.39 is 15.8 Å². The molecular weight excluding hydrogens is 291 g/mol. The molecule has 0 bridgehead atoms. The lowest BCUT2D eigenvalue weighted by Gasteiger charge is -2.30. The first-order valence-corrected chi connectivity index (χ1v) is 8.88. The Morgan fingerprint density at radius 3 is 2.29 bits per heavy atom. The van der Waals surface area contributed by atoms with Crippen molar-refractivity contribution in [2.75, 3.05) is 19.6 Å². The lowest BCUT2D eigenvalue weighted by Crippen LogP contribution is -2.45. The number of nitrogens with one attached hydrogen (secondary N) is 1. The van der Waals surface area contributed by atoms with E-state index in [1.807, 2.05) is 0 Å². The summed E-state index contributed by atoms with van der Waals surface area (Å²) in [5, 5.41) is 0. The van der Waals surface area contributed by atoms with Crippen molar-refractivity contribution >= 4 is 10.0 Å². The number of halogens is 1. The topological polar surface area (TPSA) is 49.4 Å². The van der Waals surface area contributed by atoms with Gasteiger partial charge in [-0.25, -0.2) is 17.5 Å². The fourth-order valence-corrected chi connectivity index (χ4v) is 3.80. The van der Waals surface area contributed by atoms with Crippen molar-refractivity contribution in [2.24, 2.45) is 5.92 Å². The first-order valence-electron chi connectivity index (χ1n) is 7.39. The summed E-state index contributed by atoms with van der Waals surface area (Å²) in [7, 11) is -3.58. The Balaban J connectivity index is 2.03. The number of benzene rings is 1. The molecule has 1 unspecified atom stereocenters. The lowest BCUT2D eigenvalue weighted by molar-refractivity contribution is 0.193. The molecular formula is C15H23FN2O2S. The maximum Gasteiger partial charge on any atom is 0.240 e. The third-order valence-corrected chi connectivity index (χ3v) is 5.43. The van der Waals surface area contributed by atoms with Gasteiger partial charge in [0.2, 0.25) is 10.0 Å². The van der Waals surface area contributed by atoms with Gasteiger partial charge in [-0.1, -0.05) is 13.8 Å². The van der Waals surface area contributed by atoms with Crippen LogP contribution in [0.3, 0.4) is 0 Å². The molecule has 0 spiro atoms. The zero-order chi connectivity index (χ0) is 15.5. The predicted octanol–water partition coefficient (Wildman–Crippen LogP) is 2.22. The van der Waals surface area contributed by atoms with Crippen LogP contribution in [0.15, 0.2) is 29.2 Å². The smallest absolute Gasteiger partial charge is 0.240 e. The predicted molar refractivity (Wildman–Crippen MR) is 81.0 cm³/mol. The van der Waals surface area contributed by atoms with Gasteiger partial charge in [-0.15, -0.1) is 0 Å². The van der Waals surface area contributed by atoms with Crippen LogP contribution in [-0.2, 0) is 10.0 Å². The third kappa shape index (κ3) is 4.25. The van der Waals surface area contributed by atoms with E-state index in [-0.39, 0.29) is 10.9 Å². The molecule has 2 rings (SSSR count). The fourth-order valence-electron chi connectivity index (χ4n) is 2.75. The molecule has 0 aliphatic carbocycles. The molecule has 1 saturated heterocycles. The Morgan fingerprint density at radius 1 is 1.19 bits per heavy atom. The molecule has 1 aromatic carbocycles. The second-order valence-corrected chi connectivity index (χ2v) is 7.63. The summed E-state index contributed by atoms with van der Waals surface area (Å²) in [6.45, 7) is 6.66. The fraction of sp³-hybridized carbons (Fsp3) is 0.600. The first-order chi connectivity index (χ1) is 9.90. The van der Waals surface area contributed by atoms with Crippen LogP contribution in [0.1, 0.15) is 26.7 Å². The SMILES string of the molecule is CC(C)C(CNS(=O)(=O)c1ccc(F)cc1)N1CCCC1. The minimum atomic E-state index is -3.58. The highest BCUT2D eigenvalue weighted by Gasteiger charge is 2.26. The van der Waals surface area contributed by atoms with Crippen LogP contribution in [0.5, 0.6) is 0 Å². The Morgan fingerprint density at radius 2 is 1.76 bits per heavy atom. The molecule has 4 nitrogen and oxygen atoms in total. The van der Waals surface area contributed by atoms with Gasteiger partial charge in [-0.05, 0) is 56.1 Å². The molecule has 0 aromatic heterocycles. The van der Waals surface area contributed by atoms with Gasteiger partial charge in [0, 0.05) is 12.6 Å². The number of hydrogen-bond donors (Lipinski definition) is 1. The molecule has 0 amide bonds. The van der Waals surface area contributed by atoms with E-state index in [0.717, 1.165) is 25.2 Å². The van der Waals surface area contributed by atoms with Crippen molar-refractivity contribution < 1.29 is 12.8 Å². The molecule has 21 heavy (non-hydrogen) atoms. The van der Waals surface area contributed by atoms with Gasteiger partial charge in [-0.3, -0.25) is 4.90 Å². The van der Waals surface area contributed by atoms with Crippen molar-refractivity contribution in [1.29, 1.82) is 0 Å². The van der Waals surface area contributed by atoms with Crippen molar-refractivity contribution in [2.45, 2.75) is 37.6 Å². The molecule has 118 valence electrons. The zero-order valence-corrected chi connectivity index (χ0v) is 13.4. The number of hydrogen-bond acceptors (Lipinski definition) is 3. The normalized spacial score (nSPS) is 18.3. The molecule has 1 aliphatic heterocycles. The highest BCUT2D eigenvalue weighted by atomic mass is 32.2. The van der Waals surface area contributed by atoms with Crippen LogP contribution in [-0.4, -0.2) is 39.0 Å². The maximum atomic E-state index is 12.9. The molecule has 1 aromatic rings. The molecule has 1 fully saturated rings. The minimum Gasteiger partial charge on any atom is -0.299 e. The monoisotopic (exact) mass is 314 g/mol. The van der Waals surface area contributed by atoms with E-state index in [4.69, 9.17) is 0 Å². The van der Waals surface area contributed by atoms with Crippen LogP contribution in [0.4, 0.5) is 4.39 Å². The summed E-state index contributed by atoms with van der Waals surface area (Å²) in [6, 6.07) is 5.10. The number of rotatable bonds is 6. The third-order valence-electron chi connectivity index (χ3n) is 3.99. The summed E-state index contributed by atoms with van der Waals surface area (Å²) in [5.41, 5.74) is 0. The number of likely N-dealkylation sites (tertiary alicyclic amines) is 1. The standard InChI is InChI=1S/C15H23FN2O2S/c1-12(2)15(18-9-3-4-10-18)11-17-21(19,20)14-7-5-13(16)6-8-14/h5-8,12,15,17H,3-4,9-11H2,1-2H3. The van der Waals surface area contributed by atoms with E-state index >= 15 is 0 Å². The summed E-state index contributed by atoms with van der Waals surface area (Å²) < 4.78 is 40.0. The van der Waals surface area contributed by atoms with Crippen LogP contribution in [0, 0.1) is 11.7 Å². The highest BCUT2D eigenvalue weighted by Crippen LogP contribution is 2.18. The molecule has 1 N–H and O–H groups in total.